The molecule has 0 nitrogen and oxygen atoms in total. The summed E-state index contributed by atoms with van der Waals surface area (Å²) < 4.78 is 98.4. The van der Waals surface area contributed by atoms with Crippen molar-refractivity contribution in [1.29, 1.82) is 0 Å². The monoisotopic (exact) mass is 297 g/mol. The first kappa shape index (κ1) is 15.1. The highest BCUT2D eigenvalue weighted by atomic mass is 35.5. The number of rotatable bonds is 2. The second kappa shape index (κ2) is 4.29. The lowest BCUT2D eigenvalue weighted by Crippen LogP contribution is -2.37. The molecule has 1 aromatic carbocycles. The molecule has 0 spiro atoms. The summed E-state index contributed by atoms with van der Waals surface area (Å²) in [5, 5.41) is -1.19. The molecule has 0 fully saturated rings. The zero-order chi connectivity index (χ0) is 14.4. The van der Waals surface area contributed by atoms with E-state index in [2.05, 4.69) is 0 Å². The molecular formula is C8H3BClF8-. The summed E-state index contributed by atoms with van der Waals surface area (Å²) in [6.07, 6.45) is -5.90. The van der Waals surface area contributed by atoms with Gasteiger partial charge in [-0.1, -0.05) is 29.2 Å². The molecule has 1 aromatic rings. The Morgan fingerprint density at radius 1 is 0.944 bits per heavy atom. The maximum atomic E-state index is 12.8. The lowest BCUT2D eigenvalue weighted by atomic mass is 9.79. The summed E-state index contributed by atoms with van der Waals surface area (Å²) in [5.41, 5.74) is -3.05. The van der Waals surface area contributed by atoms with Crippen LogP contribution in [0.3, 0.4) is 0 Å². The normalized spacial score (nSPS) is 13.8. The number of alkyl halides is 5. The average Bonchev–Trinajstić information content (AvgIpc) is 2.13. The quantitative estimate of drug-likeness (QED) is 0.571. The van der Waals surface area contributed by atoms with Crippen molar-refractivity contribution in [2.75, 3.05) is 0 Å². The largest absolute Gasteiger partial charge is 0.511 e. The third-order valence-corrected chi connectivity index (χ3v) is 2.40. The predicted molar refractivity (Wildman–Crippen MR) is 50.1 cm³/mol. The molecule has 0 aromatic heterocycles. The van der Waals surface area contributed by atoms with Gasteiger partial charge in [0.1, 0.15) is 0 Å². The van der Waals surface area contributed by atoms with Crippen LogP contribution in [-0.2, 0) is 5.92 Å². The fourth-order valence-electron chi connectivity index (χ4n) is 1.15. The van der Waals surface area contributed by atoms with Gasteiger partial charge in [0.25, 0.3) is 0 Å². The molecule has 0 amide bonds. The molecular weight excluding hydrogens is 294 g/mol. The molecule has 0 radical (unpaired) electrons. The summed E-state index contributed by atoms with van der Waals surface area (Å²) in [4.78, 5) is 0. The summed E-state index contributed by atoms with van der Waals surface area (Å²) >= 11 is 5.07. The smallest absolute Gasteiger partial charge is 0.445 e. The van der Waals surface area contributed by atoms with Crippen molar-refractivity contribution in [3.05, 3.63) is 28.8 Å². The molecule has 0 N–H and O–H groups in total. The molecule has 0 saturated heterocycles. The van der Waals surface area contributed by atoms with Crippen molar-refractivity contribution in [2.24, 2.45) is 0 Å². The van der Waals surface area contributed by atoms with E-state index in [1.807, 2.05) is 0 Å². The molecule has 0 aliphatic rings. The maximum Gasteiger partial charge on any atom is 0.511 e. The van der Waals surface area contributed by atoms with Crippen LogP contribution in [0.4, 0.5) is 34.9 Å². The summed E-state index contributed by atoms with van der Waals surface area (Å²) in [6, 6.07) is 0.140. The molecule has 0 saturated carbocycles. The third kappa shape index (κ3) is 2.71. The minimum Gasteiger partial charge on any atom is -0.445 e. The topological polar surface area (TPSA) is 0 Å². The zero-order valence-corrected chi connectivity index (χ0v) is 8.97. The van der Waals surface area contributed by atoms with Crippen LogP contribution in [0.5, 0.6) is 0 Å². The van der Waals surface area contributed by atoms with E-state index in [1.54, 1.807) is 0 Å². The second-order valence-electron chi connectivity index (χ2n) is 3.38. The van der Waals surface area contributed by atoms with Crippen LogP contribution in [-0.4, -0.2) is 13.2 Å². The van der Waals surface area contributed by atoms with Crippen molar-refractivity contribution in [1.82, 2.24) is 0 Å². The lowest BCUT2D eigenvalue weighted by Gasteiger charge is -2.22. The molecule has 0 bridgehead atoms. The van der Waals surface area contributed by atoms with E-state index < -0.39 is 35.1 Å². The summed E-state index contributed by atoms with van der Waals surface area (Å²) in [5.74, 6) is -5.26. The van der Waals surface area contributed by atoms with Crippen molar-refractivity contribution in [3.63, 3.8) is 0 Å². The van der Waals surface area contributed by atoms with E-state index in [0.717, 1.165) is 0 Å². The Morgan fingerprint density at radius 3 is 1.78 bits per heavy atom. The number of benzene rings is 1. The summed E-state index contributed by atoms with van der Waals surface area (Å²) in [7, 11) is 0. The van der Waals surface area contributed by atoms with E-state index in [-0.39, 0.29) is 18.2 Å². The molecule has 1 rings (SSSR count). The van der Waals surface area contributed by atoms with Crippen LogP contribution in [0, 0.1) is 0 Å². The highest BCUT2D eigenvalue weighted by Gasteiger charge is 2.58. The molecule has 10 heteroatoms. The van der Waals surface area contributed by atoms with Crippen LogP contribution in [0.1, 0.15) is 5.56 Å². The Kier molecular flexibility index (Phi) is 3.59. The first-order valence-corrected chi connectivity index (χ1v) is 4.69. The Hall–Kier alpha value is -0.985. The number of hydrogen-bond acceptors (Lipinski definition) is 0. The third-order valence-electron chi connectivity index (χ3n) is 2.07. The van der Waals surface area contributed by atoms with Gasteiger partial charge in [-0.25, -0.2) is 0 Å². The summed E-state index contributed by atoms with van der Waals surface area (Å²) in [6.45, 7) is -5.57. The molecule has 0 aliphatic carbocycles. The fourth-order valence-corrected chi connectivity index (χ4v) is 1.46. The Balaban J connectivity index is 3.29. The Labute approximate surface area is 101 Å². The Bertz CT molecular complexity index is 449. The van der Waals surface area contributed by atoms with Crippen LogP contribution in [0.25, 0.3) is 0 Å². The SMILES string of the molecule is F[B-](F)(F)c1ccc(C(F)(F)C(F)(F)F)cc1Cl. The van der Waals surface area contributed by atoms with E-state index >= 15 is 0 Å². The van der Waals surface area contributed by atoms with Crippen molar-refractivity contribution >= 4 is 24.0 Å². The highest BCUT2D eigenvalue weighted by molar-refractivity contribution is 6.75. The maximum absolute atomic E-state index is 12.8. The van der Waals surface area contributed by atoms with E-state index in [9.17, 15) is 34.9 Å². The van der Waals surface area contributed by atoms with E-state index in [1.165, 1.54) is 0 Å². The lowest BCUT2D eigenvalue weighted by molar-refractivity contribution is -0.289. The molecule has 102 valence electrons. The minimum absolute atomic E-state index is 0.0282. The Morgan fingerprint density at radius 2 is 1.44 bits per heavy atom. The predicted octanol–water partition coefficient (Wildman–Crippen LogP) is 4.05. The number of halogens is 9. The first-order valence-electron chi connectivity index (χ1n) is 4.32. The standard InChI is InChI=1S/C8H3BClF8/c10-6-3-4(7(11,12)8(13,14)15)1-2-5(6)9(16,17)18/h1-3H/q-1. The number of hydrogen-bond donors (Lipinski definition) is 0. The molecule has 0 unspecified atom stereocenters. The van der Waals surface area contributed by atoms with Crippen molar-refractivity contribution in [2.45, 2.75) is 12.1 Å². The first-order chi connectivity index (χ1) is 7.87. The van der Waals surface area contributed by atoms with Crippen molar-refractivity contribution in [3.8, 4) is 0 Å². The molecule has 0 aliphatic heterocycles. The van der Waals surface area contributed by atoms with Crippen LogP contribution in [0.15, 0.2) is 18.2 Å². The second-order valence-corrected chi connectivity index (χ2v) is 3.79. The molecule has 18 heavy (non-hydrogen) atoms. The van der Waals surface area contributed by atoms with Gasteiger partial charge in [0.2, 0.25) is 0 Å². The van der Waals surface area contributed by atoms with Crippen LogP contribution < -0.4 is 5.46 Å². The van der Waals surface area contributed by atoms with Crippen LogP contribution in [0.2, 0.25) is 5.02 Å². The molecule has 0 heterocycles. The van der Waals surface area contributed by atoms with Gasteiger partial charge in [0.15, 0.2) is 0 Å². The average molecular weight is 297 g/mol. The van der Waals surface area contributed by atoms with Crippen molar-refractivity contribution < 1.29 is 34.9 Å². The van der Waals surface area contributed by atoms with Gasteiger partial charge < -0.3 is 12.9 Å². The van der Waals surface area contributed by atoms with Gasteiger partial charge in [0.05, 0.1) is 0 Å². The fraction of sp³-hybridized carbons (Fsp3) is 0.250. The zero-order valence-electron chi connectivity index (χ0n) is 8.21. The van der Waals surface area contributed by atoms with Gasteiger partial charge >= 0.3 is 19.1 Å². The van der Waals surface area contributed by atoms with Gasteiger partial charge in [-0.15, -0.1) is 0 Å². The van der Waals surface area contributed by atoms with Gasteiger partial charge in [-0.2, -0.15) is 22.0 Å². The van der Waals surface area contributed by atoms with E-state index in [4.69, 9.17) is 11.6 Å². The van der Waals surface area contributed by atoms with Crippen LogP contribution >= 0.6 is 11.6 Å². The van der Waals surface area contributed by atoms with Gasteiger partial charge in [-0.05, 0) is 6.07 Å². The minimum atomic E-state index is -5.90. The van der Waals surface area contributed by atoms with E-state index in [0.29, 0.717) is 0 Å². The van der Waals surface area contributed by atoms with Gasteiger partial charge in [-0.3, -0.25) is 0 Å². The van der Waals surface area contributed by atoms with Gasteiger partial charge in [0, 0.05) is 10.6 Å². The highest BCUT2D eigenvalue weighted by Crippen LogP contribution is 2.44. The molecule has 0 atom stereocenters.